The Balaban J connectivity index is 3.33. The van der Waals surface area contributed by atoms with Crippen LogP contribution in [0.25, 0.3) is 0 Å². The first-order valence-corrected chi connectivity index (χ1v) is 10.1. The Kier molecular flexibility index (Phi) is 16.4. The quantitative estimate of drug-likeness (QED) is 0.182. The lowest BCUT2D eigenvalue weighted by molar-refractivity contribution is -0.156. The van der Waals surface area contributed by atoms with Gasteiger partial charge in [-0.2, -0.15) is 0 Å². The van der Waals surface area contributed by atoms with Gasteiger partial charge >= 0.3 is 5.97 Å². The summed E-state index contributed by atoms with van der Waals surface area (Å²) in [5, 5.41) is 0. The summed E-state index contributed by atoms with van der Waals surface area (Å²) in [6, 6.07) is 0. The van der Waals surface area contributed by atoms with E-state index in [0.717, 1.165) is 0 Å². The molecule has 10 heteroatoms. The van der Waals surface area contributed by atoms with Crippen LogP contribution in [0.1, 0.15) is 27.2 Å². The van der Waals surface area contributed by atoms with Gasteiger partial charge in [0.1, 0.15) is 11.2 Å². The predicted molar refractivity (Wildman–Crippen MR) is 110 cm³/mol. The minimum atomic E-state index is -0.670. The average molecular weight is 424 g/mol. The third kappa shape index (κ3) is 16.6. The lowest BCUT2D eigenvalue weighted by Gasteiger charge is -2.29. The van der Waals surface area contributed by atoms with Gasteiger partial charge in [0.05, 0.1) is 65.9 Å². The largest absolute Gasteiger partial charge is 0.460 e. The minimum Gasteiger partial charge on any atom is -0.460 e. The molecule has 0 rings (SSSR count). The fraction of sp³-hybridized carbons (Fsp3) is 0.947. The number of hydrogen-bond acceptors (Lipinski definition) is 10. The highest BCUT2D eigenvalue weighted by molar-refractivity contribution is 5.69. The Bertz CT molecular complexity index is 393. The van der Waals surface area contributed by atoms with Crippen LogP contribution in [-0.4, -0.2) is 96.3 Å². The van der Waals surface area contributed by atoms with Crippen LogP contribution >= 0.6 is 0 Å². The second kappa shape index (κ2) is 16.9. The molecule has 0 aromatic carbocycles. The number of hydrogen-bond donors (Lipinski definition) is 3. The van der Waals surface area contributed by atoms with Crippen LogP contribution in [0.5, 0.6) is 0 Å². The summed E-state index contributed by atoms with van der Waals surface area (Å²) >= 11 is 0. The van der Waals surface area contributed by atoms with E-state index in [0.29, 0.717) is 59.5 Å². The molecule has 0 heterocycles. The van der Waals surface area contributed by atoms with Crippen LogP contribution < -0.4 is 17.2 Å². The van der Waals surface area contributed by atoms with Gasteiger partial charge in [-0.1, -0.05) is 0 Å². The van der Waals surface area contributed by atoms with Gasteiger partial charge in [-0.15, -0.1) is 0 Å². The normalized spacial score (nSPS) is 12.3. The van der Waals surface area contributed by atoms with E-state index >= 15 is 0 Å². The molecule has 0 amide bonds. The van der Waals surface area contributed by atoms with Gasteiger partial charge in [-0.25, -0.2) is 0 Å². The Hall–Kier alpha value is -0.850. The predicted octanol–water partition coefficient (Wildman–Crippen LogP) is -0.584. The molecule has 0 unspecified atom stereocenters. The third-order valence-corrected chi connectivity index (χ3v) is 3.74. The molecule has 0 fully saturated rings. The van der Waals surface area contributed by atoms with Crippen LogP contribution in [0.3, 0.4) is 0 Å². The number of nitrogens with two attached hydrogens (primary N) is 3. The van der Waals surface area contributed by atoms with Gasteiger partial charge in [0.25, 0.3) is 0 Å². The van der Waals surface area contributed by atoms with E-state index in [9.17, 15) is 4.79 Å². The SMILES string of the molecule is CC(C)(C)OC(=O)CCOCCOCCOCCOCCOC(CN)(CN)CN. The van der Waals surface area contributed by atoms with E-state index in [1.165, 1.54) is 0 Å². The molecular weight excluding hydrogens is 382 g/mol. The molecule has 0 spiro atoms. The van der Waals surface area contributed by atoms with Gasteiger partial charge in [0.15, 0.2) is 0 Å². The lowest BCUT2D eigenvalue weighted by Crippen LogP contribution is -2.53. The fourth-order valence-electron chi connectivity index (χ4n) is 2.05. The van der Waals surface area contributed by atoms with Crippen LogP contribution in [0, 0.1) is 0 Å². The highest BCUT2D eigenvalue weighted by Crippen LogP contribution is 2.08. The summed E-state index contributed by atoms with van der Waals surface area (Å²) in [6.07, 6.45) is 0.233. The Morgan fingerprint density at radius 2 is 1.03 bits per heavy atom. The molecule has 0 radical (unpaired) electrons. The van der Waals surface area contributed by atoms with E-state index in [-0.39, 0.29) is 32.0 Å². The Labute approximate surface area is 174 Å². The smallest absolute Gasteiger partial charge is 0.308 e. The fourth-order valence-corrected chi connectivity index (χ4v) is 2.05. The molecule has 0 saturated carbocycles. The number of ether oxygens (including phenoxy) is 6. The molecule has 0 aromatic rings. The zero-order valence-corrected chi connectivity index (χ0v) is 18.3. The molecule has 0 aromatic heterocycles. The molecule has 0 aliphatic carbocycles. The molecule has 0 saturated heterocycles. The van der Waals surface area contributed by atoms with Crippen molar-refractivity contribution in [2.75, 3.05) is 79.1 Å². The van der Waals surface area contributed by atoms with Crippen molar-refractivity contribution >= 4 is 5.97 Å². The summed E-state index contributed by atoms with van der Waals surface area (Å²) < 4.78 is 32.3. The summed E-state index contributed by atoms with van der Waals surface area (Å²) in [6.45, 7) is 10.2. The summed E-state index contributed by atoms with van der Waals surface area (Å²) in [5.41, 5.74) is 15.8. The summed E-state index contributed by atoms with van der Waals surface area (Å²) in [7, 11) is 0. The highest BCUT2D eigenvalue weighted by Gasteiger charge is 2.25. The summed E-state index contributed by atoms with van der Waals surface area (Å²) in [4.78, 5) is 11.5. The number of carbonyl (C=O) groups excluding carboxylic acids is 1. The first-order chi connectivity index (χ1) is 13.8. The standard InChI is InChI=1S/C19H41N3O7/c1-18(2,3)29-17(23)4-5-24-6-7-25-8-9-26-10-11-27-12-13-28-19(14-20,15-21)16-22/h4-16,20-22H2,1-3H3. The monoisotopic (exact) mass is 423 g/mol. The van der Waals surface area contributed by atoms with Crippen molar-refractivity contribution < 1.29 is 33.2 Å². The van der Waals surface area contributed by atoms with Crippen molar-refractivity contribution in [2.45, 2.75) is 38.4 Å². The maximum atomic E-state index is 11.5. The topological polar surface area (TPSA) is 151 Å². The Morgan fingerprint density at radius 1 is 0.655 bits per heavy atom. The first-order valence-electron chi connectivity index (χ1n) is 10.1. The molecule has 0 atom stereocenters. The second-order valence-electron chi connectivity index (χ2n) is 7.43. The molecule has 0 bridgehead atoms. The number of rotatable bonds is 19. The van der Waals surface area contributed by atoms with E-state index in [1.54, 1.807) is 0 Å². The highest BCUT2D eigenvalue weighted by atomic mass is 16.6. The van der Waals surface area contributed by atoms with Gasteiger partial charge in [0.2, 0.25) is 0 Å². The molecule has 6 N–H and O–H groups in total. The third-order valence-electron chi connectivity index (χ3n) is 3.74. The van der Waals surface area contributed by atoms with Gasteiger partial charge < -0.3 is 45.6 Å². The van der Waals surface area contributed by atoms with Crippen molar-refractivity contribution in [3.8, 4) is 0 Å². The maximum absolute atomic E-state index is 11.5. The van der Waals surface area contributed by atoms with Gasteiger partial charge in [-0.05, 0) is 20.8 Å². The van der Waals surface area contributed by atoms with Crippen LogP contribution in [0.4, 0.5) is 0 Å². The summed E-state index contributed by atoms with van der Waals surface area (Å²) in [5.74, 6) is -0.266. The zero-order chi connectivity index (χ0) is 22.0. The molecule has 0 aliphatic rings. The van der Waals surface area contributed by atoms with Crippen molar-refractivity contribution in [1.82, 2.24) is 0 Å². The molecule has 10 nitrogen and oxygen atoms in total. The number of carbonyl (C=O) groups is 1. The van der Waals surface area contributed by atoms with Crippen molar-refractivity contribution in [3.05, 3.63) is 0 Å². The van der Waals surface area contributed by atoms with Crippen LogP contribution in [-0.2, 0) is 33.2 Å². The Morgan fingerprint density at radius 3 is 1.41 bits per heavy atom. The van der Waals surface area contributed by atoms with Crippen molar-refractivity contribution in [3.63, 3.8) is 0 Å². The van der Waals surface area contributed by atoms with E-state index in [2.05, 4.69) is 0 Å². The zero-order valence-electron chi connectivity index (χ0n) is 18.3. The average Bonchev–Trinajstić information content (AvgIpc) is 2.67. The number of esters is 1. The van der Waals surface area contributed by atoms with Crippen molar-refractivity contribution in [1.29, 1.82) is 0 Å². The maximum Gasteiger partial charge on any atom is 0.308 e. The van der Waals surface area contributed by atoms with Gasteiger partial charge in [0, 0.05) is 19.6 Å². The minimum absolute atomic E-state index is 0.233. The van der Waals surface area contributed by atoms with E-state index in [1.807, 2.05) is 20.8 Å². The van der Waals surface area contributed by atoms with Gasteiger partial charge in [-0.3, -0.25) is 4.79 Å². The van der Waals surface area contributed by atoms with Crippen LogP contribution in [0.15, 0.2) is 0 Å². The second-order valence-corrected chi connectivity index (χ2v) is 7.43. The molecule has 174 valence electrons. The molecule has 29 heavy (non-hydrogen) atoms. The molecule has 0 aliphatic heterocycles. The van der Waals surface area contributed by atoms with Crippen molar-refractivity contribution in [2.24, 2.45) is 17.2 Å². The van der Waals surface area contributed by atoms with Crippen LogP contribution in [0.2, 0.25) is 0 Å². The first kappa shape index (κ1) is 28.1. The van der Waals surface area contributed by atoms with E-state index < -0.39 is 11.2 Å². The van der Waals surface area contributed by atoms with E-state index in [4.69, 9.17) is 45.6 Å². The lowest BCUT2D eigenvalue weighted by atomic mass is 10.1. The molecular formula is C19H41N3O7.